The van der Waals surface area contributed by atoms with E-state index < -0.39 is 46.2 Å². The molecule has 0 saturated heterocycles. The first-order valence-corrected chi connectivity index (χ1v) is 9.83. The van der Waals surface area contributed by atoms with Gasteiger partial charge in [-0.25, -0.2) is 0 Å². The van der Waals surface area contributed by atoms with Crippen molar-refractivity contribution in [3.8, 4) is 0 Å². The van der Waals surface area contributed by atoms with Crippen LogP contribution in [0.4, 0.5) is 13.2 Å². The molecule has 0 bridgehead atoms. The van der Waals surface area contributed by atoms with Gasteiger partial charge in [0.15, 0.2) is 5.78 Å². The number of nitrogens with zero attached hydrogens (tertiary/aromatic N) is 2. The highest BCUT2D eigenvalue weighted by Gasteiger charge is 2.71. The number of amides is 2. The van der Waals surface area contributed by atoms with E-state index in [4.69, 9.17) is 0 Å². The van der Waals surface area contributed by atoms with Crippen molar-refractivity contribution in [1.29, 1.82) is 0 Å². The van der Waals surface area contributed by atoms with Crippen LogP contribution in [0.25, 0.3) is 0 Å². The molecule has 4 rings (SSSR count). The average molecular weight is 421 g/mol. The minimum Gasteiger partial charge on any atom is -0.330 e. The van der Waals surface area contributed by atoms with E-state index in [0.717, 1.165) is 4.90 Å². The molecule has 30 heavy (non-hydrogen) atoms. The van der Waals surface area contributed by atoms with E-state index in [0.29, 0.717) is 18.4 Å². The van der Waals surface area contributed by atoms with Crippen LogP contribution < -0.4 is 5.32 Å². The summed E-state index contributed by atoms with van der Waals surface area (Å²) in [5.41, 5.74) is -4.00. The zero-order chi connectivity index (χ0) is 21.9. The topological polar surface area (TPSA) is 79.4 Å². The molecule has 0 aromatic carbocycles. The van der Waals surface area contributed by atoms with Crippen LogP contribution in [-0.4, -0.2) is 39.2 Å². The molecule has 3 aliphatic rings. The van der Waals surface area contributed by atoms with Gasteiger partial charge in [-0.1, -0.05) is 19.9 Å². The van der Waals surface area contributed by atoms with Gasteiger partial charge >= 0.3 is 6.18 Å². The number of ketones is 1. The molecule has 1 aromatic rings. The number of hydrogen-bond acceptors (Lipinski definition) is 4. The van der Waals surface area contributed by atoms with E-state index in [1.807, 2.05) is 5.32 Å². The van der Waals surface area contributed by atoms with Crippen LogP contribution >= 0.6 is 0 Å². The maximum absolute atomic E-state index is 14.5. The summed E-state index contributed by atoms with van der Waals surface area (Å²) in [6, 6.07) is 3.26. The number of allylic oxidation sites excluding steroid dienone is 1. The number of rotatable bonds is 4. The summed E-state index contributed by atoms with van der Waals surface area (Å²) in [5.74, 6) is -3.47. The number of aromatic nitrogens is 1. The number of halogens is 3. The second-order valence-corrected chi connectivity index (χ2v) is 9.03. The van der Waals surface area contributed by atoms with Gasteiger partial charge in [0.2, 0.25) is 11.4 Å². The molecule has 1 saturated carbocycles. The highest BCUT2D eigenvalue weighted by Crippen LogP contribution is 2.52. The van der Waals surface area contributed by atoms with Gasteiger partial charge in [-0.3, -0.25) is 19.4 Å². The Kier molecular flexibility index (Phi) is 4.56. The molecular formula is C21H22F3N3O3. The van der Waals surface area contributed by atoms with Gasteiger partial charge in [-0.15, -0.1) is 0 Å². The molecule has 2 amide bonds. The summed E-state index contributed by atoms with van der Waals surface area (Å²) < 4.78 is 43.5. The Balaban J connectivity index is 1.86. The molecule has 160 valence electrons. The normalized spacial score (nSPS) is 26.1. The number of carbonyl (C=O) groups excluding carboxylic acids is 3. The minimum atomic E-state index is -5.16. The second-order valence-electron chi connectivity index (χ2n) is 9.03. The molecule has 1 fully saturated rings. The van der Waals surface area contributed by atoms with Gasteiger partial charge in [-0.2, -0.15) is 13.2 Å². The van der Waals surface area contributed by atoms with Crippen LogP contribution in [0, 0.1) is 11.3 Å². The summed E-state index contributed by atoms with van der Waals surface area (Å²) in [6.07, 6.45) is -1.24. The summed E-state index contributed by atoms with van der Waals surface area (Å²) in [6.45, 7) is 3.39. The fraction of sp³-hybridized carbons (Fsp3) is 0.524. The van der Waals surface area contributed by atoms with Gasteiger partial charge in [-0.05, 0) is 36.3 Å². The first-order valence-electron chi connectivity index (χ1n) is 9.83. The number of Topliss-reactive ketones (excluding diaryl/α,β-unsaturated/α-hetero) is 1. The zero-order valence-electron chi connectivity index (χ0n) is 16.7. The molecule has 1 aliphatic heterocycles. The van der Waals surface area contributed by atoms with Crippen LogP contribution in [0.15, 0.2) is 35.8 Å². The Labute approximate surface area is 171 Å². The predicted molar refractivity (Wildman–Crippen MR) is 99.5 cm³/mol. The Morgan fingerprint density at radius 2 is 1.97 bits per heavy atom. The lowest BCUT2D eigenvalue weighted by Gasteiger charge is -2.35. The van der Waals surface area contributed by atoms with Crippen molar-refractivity contribution in [3.05, 3.63) is 41.4 Å². The lowest BCUT2D eigenvalue weighted by Crippen LogP contribution is -2.66. The largest absolute Gasteiger partial charge is 0.425 e. The van der Waals surface area contributed by atoms with Crippen LogP contribution in [0.5, 0.6) is 0 Å². The number of pyridine rings is 1. The van der Waals surface area contributed by atoms with Gasteiger partial charge < -0.3 is 10.2 Å². The number of alkyl halides is 3. The van der Waals surface area contributed by atoms with Crippen molar-refractivity contribution in [3.63, 3.8) is 0 Å². The van der Waals surface area contributed by atoms with Crippen molar-refractivity contribution in [1.82, 2.24) is 15.2 Å². The van der Waals surface area contributed by atoms with Crippen LogP contribution in [0.1, 0.15) is 45.1 Å². The standard InChI is InChI=1S/C21H22F3N3O3/c1-19(2)8-14-16(15(28)9-19)20(21(22,23)24,26-17(29)13-5-6-13)18(30)27(14)11-12-4-3-7-25-10-12/h3-4,7,10,13H,5-6,8-9,11H2,1-2H3,(H,26,29)/t20-/m0/s1. The number of nitrogens with one attached hydrogen (secondary N) is 1. The summed E-state index contributed by atoms with van der Waals surface area (Å²) in [4.78, 5) is 43.7. The quantitative estimate of drug-likeness (QED) is 0.811. The van der Waals surface area contributed by atoms with E-state index in [-0.39, 0.29) is 25.1 Å². The third-order valence-corrected chi connectivity index (χ3v) is 5.87. The third-order valence-electron chi connectivity index (χ3n) is 5.87. The molecule has 0 radical (unpaired) electrons. The van der Waals surface area contributed by atoms with Crippen molar-refractivity contribution in [2.45, 2.75) is 57.8 Å². The molecule has 0 spiro atoms. The Morgan fingerprint density at radius 3 is 2.53 bits per heavy atom. The maximum atomic E-state index is 14.5. The highest BCUT2D eigenvalue weighted by molar-refractivity contribution is 6.13. The van der Waals surface area contributed by atoms with E-state index in [1.54, 1.807) is 26.0 Å². The molecule has 1 N–H and O–H groups in total. The third kappa shape index (κ3) is 3.20. The fourth-order valence-electron chi connectivity index (χ4n) is 4.30. The lowest BCUT2D eigenvalue weighted by molar-refractivity contribution is -0.195. The maximum Gasteiger partial charge on any atom is 0.425 e. The monoisotopic (exact) mass is 421 g/mol. The van der Waals surface area contributed by atoms with Crippen molar-refractivity contribution < 1.29 is 27.6 Å². The highest BCUT2D eigenvalue weighted by atomic mass is 19.4. The van der Waals surface area contributed by atoms with Crippen molar-refractivity contribution in [2.24, 2.45) is 11.3 Å². The first-order chi connectivity index (χ1) is 14.0. The predicted octanol–water partition coefficient (Wildman–Crippen LogP) is 2.89. The summed E-state index contributed by atoms with van der Waals surface area (Å²) >= 11 is 0. The van der Waals surface area contributed by atoms with Crippen LogP contribution in [0.2, 0.25) is 0 Å². The fourth-order valence-corrected chi connectivity index (χ4v) is 4.30. The van der Waals surface area contributed by atoms with Gasteiger partial charge in [0, 0.05) is 30.4 Å². The average Bonchev–Trinajstić information content (AvgIpc) is 3.45. The van der Waals surface area contributed by atoms with Crippen molar-refractivity contribution >= 4 is 17.6 Å². The molecule has 1 atom stereocenters. The summed E-state index contributed by atoms with van der Waals surface area (Å²) in [7, 11) is 0. The number of hydrogen-bond donors (Lipinski definition) is 1. The molecule has 1 aromatic heterocycles. The van der Waals surface area contributed by atoms with Crippen LogP contribution in [-0.2, 0) is 20.9 Å². The summed E-state index contributed by atoms with van der Waals surface area (Å²) in [5, 5.41) is 1.97. The Morgan fingerprint density at radius 1 is 1.27 bits per heavy atom. The van der Waals surface area contributed by atoms with E-state index in [9.17, 15) is 27.6 Å². The lowest BCUT2D eigenvalue weighted by atomic mass is 9.72. The second kappa shape index (κ2) is 6.65. The van der Waals surface area contributed by atoms with E-state index in [2.05, 4.69) is 4.98 Å². The molecular weight excluding hydrogens is 399 g/mol. The van der Waals surface area contributed by atoms with E-state index in [1.165, 1.54) is 12.4 Å². The van der Waals surface area contributed by atoms with Gasteiger partial charge in [0.1, 0.15) is 0 Å². The molecule has 2 heterocycles. The first kappa shape index (κ1) is 20.6. The Bertz CT molecular complexity index is 951. The number of carbonyl (C=O) groups is 3. The van der Waals surface area contributed by atoms with Gasteiger partial charge in [0.05, 0.1) is 12.1 Å². The van der Waals surface area contributed by atoms with Crippen molar-refractivity contribution in [2.75, 3.05) is 0 Å². The smallest absolute Gasteiger partial charge is 0.330 e. The Hall–Kier alpha value is -2.71. The minimum absolute atomic E-state index is 0.0403. The molecule has 2 aliphatic carbocycles. The molecule has 0 unspecified atom stereocenters. The zero-order valence-corrected chi connectivity index (χ0v) is 16.7. The van der Waals surface area contributed by atoms with Crippen LogP contribution in [0.3, 0.4) is 0 Å². The molecule has 6 nitrogen and oxygen atoms in total. The molecule has 9 heteroatoms. The van der Waals surface area contributed by atoms with Gasteiger partial charge in [0.25, 0.3) is 5.91 Å². The van der Waals surface area contributed by atoms with E-state index >= 15 is 0 Å². The SMILES string of the molecule is CC1(C)CC(=O)C2=C(C1)N(Cc1cccnc1)C(=O)[C@]2(NC(=O)C1CC1)C(F)(F)F.